The molecule has 0 aromatic heterocycles. The first-order valence-electron chi connectivity index (χ1n) is 4.89. The highest BCUT2D eigenvalue weighted by Gasteiger charge is 2.41. The van der Waals surface area contributed by atoms with Crippen molar-refractivity contribution in [2.45, 2.75) is 19.5 Å². The molecule has 2 unspecified atom stereocenters. The Morgan fingerprint density at radius 2 is 2.20 bits per heavy atom. The van der Waals surface area contributed by atoms with Crippen molar-refractivity contribution in [2.24, 2.45) is 17.6 Å². The van der Waals surface area contributed by atoms with Crippen molar-refractivity contribution in [2.75, 3.05) is 19.6 Å². The smallest absolute Gasteiger partial charge is 0.342 e. The summed E-state index contributed by atoms with van der Waals surface area (Å²) in [5.41, 5.74) is 5.06. The minimum absolute atomic E-state index is 0.143. The van der Waals surface area contributed by atoms with Crippen molar-refractivity contribution in [1.82, 2.24) is 4.90 Å². The highest BCUT2D eigenvalue weighted by molar-refractivity contribution is 5.78. The van der Waals surface area contributed by atoms with Crippen molar-refractivity contribution in [3.8, 4) is 0 Å². The minimum atomic E-state index is -4.32. The molecule has 2 N–H and O–H groups in total. The predicted molar refractivity (Wildman–Crippen MR) is 49.0 cm³/mol. The first-order valence-corrected chi connectivity index (χ1v) is 4.89. The van der Waals surface area contributed by atoms with Crippen molar-refractivity contribution < 1.29 is 18.0 Å². The van der Waals surface area contributed by atoms with Crippen LogP contribution in [0.4, 0.5) is 13.2 Å². The number of nitrogens with two attached hydrogens (primary N) is 1. The van der Waals surface area contributed by atoms with E-state index in [0.29, 0.717) is 13.0 Å². The van der Waals surface area contributed by atoms with E-state index in [2.05, 4.69) is 0 Å². The van der Waals surface area contributed by atoms with Crippen LogP contribution < -0.4 is 5.73 Å². The Morgan fingerprint density at radius 3 is 2.53 bits per heavy atom. The normalized spacial score (nSPS) is 24.7. The molecule has 6 heteroatoms. The zero-order valence-corrected chi connectivity index (χ0v) is 8.55. The van der Waals surface area contributed by atoms with Crippen molar-refractivity contribution in [1.29, 1.82) is 0 Å². The summed E-state index contributed by atoms with van der Waals surface area (Å²) in [4.78, 5) is 12.5. The fraction of sp³-hybridized carbons (Fsp3) is 0.889. The number of amides is 1. The molecular formula is C9H15F3N2O. The van der Waals surface area contributed by atoms with Gasteiger partial charge in [0.2, 0.25) is 5.91 Å². The summed E-state index contributed by atoms with van der Waals surface area (Å²) in [5.74, 6) is -1.67. The van der Waals surface area contributed by atoms with Crippen molar-refractivity contribution in [3.63, 3.8) is 0 Å². The molecule has 0 saturated carbocycles. The van der Waals surface area contributed by atoms with Gasteiger partial charge in [0, 0.05) is 26.1 Å². The number of carbonyl (C=O) groups is 1. The standard InChI is InChI=1S/C9H15F3N2O/c1-6-2-8(15)14(4-6)5-7(3-13)9(10,11)12/h6-7H,2-5,13H2,1H3. The highest BCUT2D eigenvalue weighted by atomic mass is 19.4. The molecule has 2 atom stereocenters. The lowest BCUT2D eigenvalue weighted by Crippen LogP contribution is -2.41. The van der Waals surface area contributed by atoms with E-state index in [4.69, 9.17) is 5.73 Å². The second-order valence-corrected chi connectivity index (χ2v) is 4.08. The summed E-state index contributed by atoms with van der Waals surface area (Å²) in [5, 5.41) is 0. The summed E-state index contributed by atoms with van der Waals surface area (Å²) < 4.78 is 37.1. The molecule has 1 fully saturated rings. The first-order chi connectivity index (χ1) is 6.84. The van der Waals surface area contributed by atoms with E-state index in [1.165, 1.54) is 4.90 Å². The lowest BCUT2D eigenvalue weighted by atomic mass is 10.1. The van der Waals surface area contributed by atoms with Gasteiger partial charge in [0.15, 0.2) is 0 Å². The van der Waals surface area contributed by atoms with Gasteiger partial charge in [0.05, 0.1) is 5.92 Å². The number of likely N-dealkylation sites (tertiary alicyclic amines) is 1. The molecule has 0 bridgehead atoms. The number of carbonyl (C=O) groups excluding carboxylic acids is 1. The maximum atomic E-state index is 12.4. The average Bonchev–Trinajstić information content (AvgIpc) is 2.38. The van der Waals surface area contributed by atoms with E-state index in [-0.39, 0.29) is 18.4 Å². The highest BCUT2D eigenvalue weighted by Crippen LogP contribution is 2.28. The summed E-state index contributed by atoms with van der Waals surface area (Å²) in [7, 11) is 0. The van der Waals surface area contributed by atoms with Crippen LogP contribution in [0.5, 0.6) is 0 Å². The SMILES string of the molecule is CC1CC(=O)N(CC(CN)C(F)(F)F)C1. The number of nitrogens with zero attached hydrogens (tertiary/aromatic N) is 1. The lowest BCUT2D eigenvalue weighted by molar-refractivity contribution is -0.176. The molecule has 1 saturated heterocycles. The van der Waals surface area contributed by atoms with E-state index in [1.807, 2.05) is 6.92 Å². The second kappa shape index (κ2) is 4.38. The second-order valence-electron chi connectivity index (χ2n) is 4.08. The average molecular weight is 224 g/mol. The number of alkyl halides is 3. The van der Waals surface area contributed by atoms with E-state index in [9.17, 15) is 18.0 Å². The van der Waals surface area contributed by atoms with Gasteiger partial charge < -0.3 is 10.6 Å². The molecule has 0 aliphatic carbocycles. The fourth-order valence-electron chi connectivity index (χ4n) is 1.72. The van der Waals surface area contributed by atoms with Crippen LogP contribution in [-0.4, -0.2) is 36.6 Å². The van der Waals surface area contributed by atoms with Gasteiger partial charge in [-0.3, -0.25) is 4.79 Å². The van der Waals surface area contributed by atoms with Gasteiger partial charge in [0.25, 0.3) is 0 Å². The molecule has 0 radical (unpaired) electrons. The van der Waals surface area contributed by atoms with Crippen LogP contribution in [-0.2, 0) is 4.79 Å². The Morgan fingerprint density at radius 1 is 1.60 bits per heavy atom. The summed E-state index contributed by atoms with van der Waals surface area (Å²) in [6, 6.07) is 0. The zero-order chi connectivity index (χ0) is 11.6. The van der Waals surface area contributed by atoms with Crippen molar-refractivity contribution >= 4 is 5.91 Å². The van der Waals surface area contributed by atoms with Gasteiger partial charge in [-0.05, 0) is 5.92 Å². The van der Waals surface area contributed by atoms with Gasteiger partial charge in [-0.25, -0.2) is 0 Å². The van der Waals surface area contributed by atoms with Gasteiger partial charge in [-0.15, -0.1) is 0 Å². The monoisotopic (exact) mass is 224 g/mol. The summed E-state index contributed by atoms with van der Waals surface area (Å²) in [6.45, 7) is 1.49. The quantitative estimate of drug-likeness (QED) is 0.777. The van der Waals surface area contributed by atoms with Gasteiger partial charge in [0.1, 0.15) is 0 Å². The predicted octanol–water partition coefficient (Wildman–Crippen LogP) is 0.992. The maximum absolute atomic E-state index is 12.4. The Balaban J connectivity index is 2.56. The van der Waals surface area contributed by atoms with Crippen LogP contribution in [0.3, 0.4) is 0 Å². The molecule has 0 spiro atoms. The van der Waals surface area contributed by atoms with E-state index in [1.54, 1.807) is 0 Å². The first kappa shape index (κ1) is 12.3. The van der Waals surface area contributed by atoms with Gasteiger partial charge in [-0.1, -0.05) is 6.92 Å². The van der Waals surface area contributed by atoms with Crippen molar-refractivity contribution in [3.05, 3.63) is 0 Å². The van der Waals surface area contributed by atoms with Gasteiger partial charge >= 0.3 is 6.18 Å². The molecule has 1 amide bonds. The van der Waals surface area contributed by atoms with E-state index >= 15 is 0 Å². The van der Waals surface area contributed by atoms with Crippen LogP contribution in [0.2, 0.25) is 0 Å². The number of hydrogen-bond donors (Lipinski definition) is 1. The summed E-state index contributed by atoms with van der Waals surface area (Å²) >= 11 is 0. The van der Waals surface area contributed by atoms with Gasteiger partial charge in [-0.2, -0.15) is 13.2 Å². The molecule has 0 aromatic rings. The Hall–Kier alpha value is -0.780. The van der Waals surface area contributed by atoms with E-state index in [0.717, 1.165) is 0 Å². The molecule has 1 aliphatic heterocycles. The largest absolute Gasteiger partial charge is 0.394 e. The van der Waals surface area contributed by atoms with E-state index < -0.39 is 18.6 Å². The minimum Gasteiger partial charge on any atom is -0.342 e. The topological polar surface area (TPSA) is 46.3 Å². The zero-order valence-electron chi connectivity index (χ0n) is 8.55. The third-order valence-corrected chi connectivity index (χ3v) is 2.60. The third-order valence-electron chi connectivity index (χ3n) is 2.60. The van der Waals surface area contributed by atoms with Crippen LogP contribution in [0, 0.1) is 11.8 Å². The van der Waals surface area contributed by atoms with Crippen LogP contribution in [0.1, 0.15) is 13.3 Å². The molecule has 1 heterocycles. The number of hydrogen-bond acceptors (Lipinski definition) is 2. The Labute approximate surface area is 86.4 Å². The molecule has 1 rings (SSSR count). The molecule has 88 valence electrons. The van der Waals surface area contributed by atoms with Crippen LogP contribution >= 0.6 is 0 Å². The number of halogens is 3. The summed E-state index contributed by atoms with van der Waals surface area (Å²) in [6.07, 6.45) is -3.98. The fourth-order valence-corrected chi connectivity index (χ4v) is 1.72. The molecular weight excluding hydrogens is 209 g/mol. The lowest BCUT2D eigenvalue weighted by Gasteiger charge is -2.24. The molecule has 1 aliphatic rings. The molecule has 0 aromatic carbocycles. The Bertz CT molecular complexity index is 242. The molecule has 3 nitrogen and oxygen atoms in total. The molecule has 15 heavy (non-hydrogen) atoms. The van der Waals surface area contributed by atoms with Crippen LogP contribution in [0.25, 0.3) is 0 Å². The maximum Gasteiger partial charge on any atom is 0.394 e. The van der Waals surface area contributed by atoms with Crippen LogP contribution in [0.15, 0.2) is 0 Å². The third kappa shape index (κ3) is 3.09. The Kier molecular flexibility index (Phi) is 3.59. The number of rotatable bonds is 3.